The van der Waals surface area contributed by atoms with Crippen molar-refractivity contribution in [2.45, 2.75) is 26.3 Å². The molecule has 1 unspecified atom stereocenters. The van der Waals surface area contributed by atoms with Crippen LogP contribution >= 0.6 is 15.9 Å². The monoisotopic (exact) mass is 293 g/mol. The van der Waals surface area contributed by atoms with Gasteiger partial charge >= 0.3 is 0 Å². The van der Waals surface area contributed by atoms with E-state index in [0.717, 1.165) is 22.3 Å². The Morgan fingerprint density at radius 1 is 1.35 bits per heavy atom. The summed E-state index contributed by atoms with van der Waals surface area (Å²) in [4.78, 5) is 0. The normalized spacial score (nSPS) is 12.6. The maximum Gasteiger partial charge on any atom is 0.125 e. The fourth-order valence-corrected chi connectivity index (χ4v) is 2.21. The van der Waals surface area contributed by atoms with Crippen LogP contribution < -0.4 is 5.73 Å². The number of hydrogen-bond donors (Lipinski definition) is 1. The number of aryl methyl sites for hydroxylation is 1. The standard InChI is InChI=1S/C13H16BrN3/c1-3-12(10-4-6-11(14)7-5-10)17-13(15)9(2)8-16-17/h4-8,12H,3,15H2,1-2H3. The molecule has 2 aromatic rings. The Morgan fingerprint density at radius 3 is 2.47 bits per heavy atom. The van der Waals surface area contributed by atoms with Crippen LogP contribution in [0.15, 0.2) is 34.9 Å². The maximum absolute atomic E-state index is 6.04. The molecule has 4 heteroatoms. The fraction of sp³-hybridized carbons (Fsp3) is 0.308. The van der Waals surface area contributed by atoms with Gasteiger partial charge in [0.1, 0.15) is 5.82 Å². The molecule has 2 N–H and O–H groups in total. The average molecular weight is 294 g/mol. The Hall–Kier alpha value is -1.29. The van der Waals surface area contributed by atoms with E-state index in [2.05, 4.69) is 40.1 Å². The first kappa shape index (κ1) is 12.2. The molecular formula is C13H16BrN3. The number of nitrogen functional groups attached to an aromatic ring is 1. The van der Waals surface area contributed by atoms with Crippen molar-refractivity contribution in [1.29, 1.82) is 0 Å². The summed E-state index contributed by atoms with van der Waals surface area (Å²) in [6.07, 6.45) is 2.78. The molecular weight excluding hydrogens is 278 g/mol. The van der Waals surface area contributed by atoms with Gasteiger partial charge in [-0.25, -0.2) is 4.68 Å². The molecule has 0 amide bonds. The number of nitrogens with two attached hydrogens (primary N) is 1. The average Bonchev–Trinajstić information content (AvgIpc) is 2.65. The van der Waals surface area contributed by atoms with Gasteiger partial charge in [-0.2, -0.15) is 5.10 Å². The first-order chi connectivity index (χ1) is 8.13. The van der Waals surface area contributed by atoms with Crippen LogP contribution in [0.4, 0.5) is 5.82 Å². The maximum atomic E-state index is 6.04. The van der Waals surface area contributed by atoms with Crippen molar-refractivity contribution < 1.29 is 0 Å². The van der Waals surface area contributed by atoms with E-state index in [1.807, 2.05) is 29.9 Å². The predicted molar refractivity (Wildman–Crippen MR) is 73.9 cm³/mol. The van der Waals surface area contributed by atoms with Crippen molar-refractivity contribution >= 4 is 21.7 Å². The third-order valence-electron chi connectivity index (χ3n) is 2.96. The van der Waals surface area contributed by atoms with Crippen molar-refractivity contribution in [3.63, 3.8) is 0 Å². The molecule has 1 heterocycles. The molecule has 0 fully saturated rings. The van der Waals surface area contributed by atoms with Crippen LogP contribution in [0.1, 0.15) is 30.5 Å². The van der Waals surface area contributed by atoms with Gasteiger partial charge in [-0.3, -0.25) is 0 Å². The molecule has 0 bridgehead atoms. The van der Waals surface area contributed by atoms with Gasteiger partial charge in [0.25, 0.3) is 0 Å². The summed E-state index contributed by atoms with van der Waals surface area (Å²) < 4.78 is 2.99. The van der Waals surface area contributed by atoms with Crippen molar-refractivity contribution in [3.8, 4) is 0 Å². The number of benzene rings is 1. The number of hydrogen-bond acceptors (Lipinski definition) is 2. The van der Waals surface area contributed by atoms with Gasteiger partial charge in [0, 0.05) is 10.0 Å². The quantitative estimate of drug-likeness (QED) is 0.941. The van der Waals surface area contributed by atoms with Gasteiger partial charge < -0.3 is 5.73 Å². The summed E-state index contributed by atoms with van der Waals surface area (Å²) in [6, 6.07) is 8.51. The van der Waals surface area contributed by atoms with Gasteiger partial charge in [-0.15, -0.1) is 0 Å². The van der Waals surface area contributed by atoms with Gasteiger partial charge in [0.2, 0.25) is 0 Å². The Morgan fingerprint density at radius 2 is 2.00 bits per heavy atom. The van der Waals surface area contributed by atoms with E-state index in [9.17, 15) is 0 Å². The smallest absolute Gasteiger partial charge is 0.125 e. The molecule has 2 rings (SSSR count). The lowest BCUT2D eigenvalue weighted by atomic mass is 10.1. The number of aromatic nitrogens is 2. The predicted octanol–water partition coefficient (Wildman–Crippen LogP) is 3.54. The first-order valence-corrected chi connectivity index (χ1v) is 6.47. The van der Waals surface area contributed by atoms with Crippen molar-refractivity contribution in [2.75, 3.05) is 5.73 Å². The largest absolute Gasteiger partial charge is 0.384 e. The zero-order chi connectivity index (χ0) is 12.4. The molecule has 1 aromatic carbocycles. The van der Waals surface area contributed by atoms with E-state index in [1.165, 1.54) is 5.56 Å². The molecule has 0 saturated heterocycles. The number of anilines is 1. The summed E-state index contributed by atoms with van der Waals surface area (Å²) in [7, 11) is 0. The summed E-state index contributed by atoms with van der Waals surface area (Å²) in [5.41, 5.74) is 8.29. The summed E-state index contributed by atoms with van der Waals surface area (Å²) in [5, 5.41) is 4.37. The SMILES string of the molecule is CCC(c1ccc(Br)cc1)n1ncc(C)c1N. The summed E-state index contributed by atoms with van der Waals surface area (Å²) >= 11 is 3.44. The zero-order valence-corrected chi connectivity index (χ0v) is 11.6. The topological polar surface area (TPSA) is 43.8 Å². The Kier molecular flexibility index (Phi) is 3.52. The zero-order valence-electron chi connectivity index (χ0n) is 10.0. The lowest BCUT2D eigenvalue weighted by molar-refractivity contribution is 0.516. The molecule has 0 radical (unpaired) electrons. The lowest BCUT2D eigenvalue weighted by Crippen LogP contribution is -2.14. The molecule has 90 valence electrons. The highest BCUT2D eigenvalue weighted by Gasteiger charge is 2.15. The van der Waals surface area contributed by atoms with E-state index in [0.29, 0.717) is 0 Å². The third-order valence-corrected chi connectivity index (χ3v) is 3.49. The molecule has 3 nitrogen and oxygen atoms in total. The van der Waals surface area contributed by atoms with Gasteiger partial charge in [-0.1, -0.05) is 35.0 Å². The molecule has 0 saturated carbocycles. The van der Waals surface area contributed by atoms with Crippen molar-refractivity contribution in [1.82, 2.24) is 9.78 Å². The molecule has 1 atom stereocenters. The van der Waals surface area contributed by atoms with Crippen LogP contribution in [0.5, 0.6) is 0 Å². The van der Waals surface area contributed by atoms with E-state index >= 15 is 0 Å². The molecule has 0 aliphatic carbocycles. The van der Waals surface area contributed by atoms with Gasteiger partial charge in [0.15, 0.2) is 0 Å². The minimum absolute atomic E-state index is 0.205. The van der Waals surface area contributed by atoms with Gasteiger partial charge in [-0.05, 0) is 31.0 Å². The van der Waals surface area contributed by atoms with Crippen LogP contribution in [-0.2, 0) is 0 Å². The highest BCUT2D eigenvalue weighted by molar-refractivity contribution is 9.10. The van der Waals surface area contributed by atoms with Crippen LogP contribution in [-0.4, -0.2) is 9.78 Å². The van der Waals surface area contributed by atoms with E-state index in [-0.39, 0.29) is 6.04 Å². The second kappa shape index (κ2) is 4.92. The molecule has 0 aliphatic rings. The number of rotatable bonds is 3. The molecule has 0 spiro atoms. The number of nitrogens with zero attached hydrogens (tertiary/aromatic N) is 2. The summed E-state index contributed by atoms with van der Waals surface area (Å²) in [6.45, 7) is 4.12. The minimum Gasteiger partial charge on any atom is -0.384 e. The van der Waals surface area contributed by atoms with E-state index < -0.39 is 0 Å². The second-order valence-electron chi connectivity index (χ2n) is 4.13. The Labute approximate surface area is 110 Å². The van der Waals surface area contributed by atoms with Crippen molar-refractivity contribution in [2.24, 2.45) is 0 Å². The number of halogens is 1. The van der Waals surface area contributed by atoms with Crippen LogP contribution in [0, 0.1) is 6.92 Å². The van der Waals surface area contributed by atoms with E-state index in [4.69, 9.17) is 5.73 Å². The first-order valence-electron chi connectivity index (χ1n) is 5.68. The lowest BCUT2D eigenvalue weighted by Gasteiger charge is -2.17. The Balaban J connectivity index is 2.40. The molecule has 1 aromatic heterocycles. The Bertz CT molecular complexity index is 502. The highest BCUT2D eigenvalue weighted by Crippen LogP contribution is 2.26. The highest BCUT2D eigenvalue weighted by atomic mass is 79.9. The molecule has 17 heavy (non-hydrogen) atoms. The second-order valence-corrected chi connectivity index (χ2v) is 5.05. The van der Waals surface area contributed by atoms with E-state index in [1.54, 1.807) is 0 Å². The van der Waals surface area contributed by atoms with Crippen LogP contribution in [0.25, 0.3) is 0 Å². The van der Waals surface area contributed by atoms with Crippen LogP contribution in [0.3, 0.4) is 0 Å². The minimum atomic E-state index is 0.205. The fourth-order valence-electron chi connectivity index (χ4n) is 1.94. The summed E-state index contributed by atoms with van der Waals surface area (Å²) in [5.74, 6) is 0.750. The molecule has 0 aliphatic heterocycles. The van der Waals surface area contributed by atoms with Gasteiger partial charge in [0.05, 0.1) is 12.2 Å². The third kappa shape index (κ3) is 2.36. The van der Waals surface area contributed by atoms with Crippen LogP contribution in [0.2, 0.25) is 0 Å². The van der Waals surface area contributed by atoms with Crippen molar-refractivity contribution in [3.05, 3.63) is 46.1 Å².